The molecule has 0 saturated heterocycles. The number of nitrogens with zero attached hydrogens (tertiary/aromatic N) is 2. The Balaban J connectivity index is 0.00000128. The van der Waals surface area contributed by atoms with Gasteiger partial charge in [-0.25, -0.2) is 0 Å². The number of non-ortho nitro benzene ring substituents is 1. The van der Waals surface area contributed by atoms with Gasteiger partial charge in [0.15, 0.2) is 0 Å². The van der Waals surface area contributed by atoms with Gasteiger partial charge in [-0.3, -0.25) is 24.6 Å². The number of amides is 2. The van der Waals surface area contributed by atoms with Gasteiger partial charge in [-0.1, -0.05) is 7.43 Å². The van der Waals surface area contributed by atoms with Gasteiger partial charge in [-0.05, 0) is 6.07 Å². The highest BCUT2D eigenvalue weighted by Gasteiger charge is 2.33. The molecule has 1 heterocycles. The number of carbonyl (C=O) groups is 2. The normalized spacial score (nSPS) is 13.4. The van der Waals surface area contributed by atoms with Crippen molar-refractivity contribution < 1.29 is 14.5 Å². The second-order valence-corrected chi connectivity index (χ2v) is 3.16. The number of hydrogen-bond donors (Lipinski definition) is 0. The number of nitro groups is 1. The van der Waals surface area contributed by atoms with E-state index in [2.05, 4.69) is 0 Å². The van der Waals surface area contributed by atoms with Crippen molar-refractivity contribution in [2.24, 2.45) is 0 Å². The summed E-state index contributed by atoms with van der Waals surface area (Å²) in [6.07, 6.45) is 0. The lowest BCUT2D eigenvalue weighted by atomic mass is 10.1. The third-order valence-electron chi connectivity index (χ3n) is 2.28. The van der Waals surface area contributed by atoms with Crippen LogP contribution in [-0.4, -0.2) is 28.7 Å². The van der Waals surface area contributed by atoms with Crippen molar-refractivity contribution >= 4 is 17.5 Å². The van der Waals surface area contributed by atoms with Crippen LogP contribution in [0, 0.1) is 10.1 Å². The number of rotatable bonds is 1. The van der Waals surface area contributed by atoms with Crippen molar-refractivity contribution in [3.8, 4) is 0 Å². The molecule has 0 atom stereocenters. The maximum atomic E-state index is 11.5. The fourth-order valence-corrected chi connectivity index (χ4v) is 1.46. The molecule has 1 aliphatic rings. The molecule has 0 unspecified atom stereocenters. The Morgan fingerprint density at radius 1 is 1.19 bits per heavy atom. The third kappa shape index (κ3) is 1.44. The van der Waals surface area contributed by atoms with E-state index in [1.54, 1.807) is 0 Å². The molecule has 1 aromatic rings. The Morgan fingerprint density at radius 3 is 2.31 bits per heavy atom. The molecule has 0 bridgehead atoms. The molecule has 0 fully saturated rings. The van der Waals surface area contributed by atoms with Crippen molar-refractivity contribution in [3.63, 3.8) is 0 Å². The van der Waals surface area contributed by atoms with Gasteiger partial charge < -0.3 is 0 Å². The first-order valence-corrected chi connectivity index (χ1v) is 4.13. The van der Waals surface area contributed by atoms with E-state index in [0.717, 1.165) is 11.0 Å². The number of carbonyl (C=O) groups excluding carboxylic acids is 2. The molecule has 0 N–H and O–H groups in total. The lowest BCUT2D eigenvalue weighted by molar-refractivity contribution is -0.384. The molecule has 1 aromatic carbocycles. The SMILES string of the molecule is C.CN1C(=O)c2ccc([N+](=O)[O-])cc2C1=O. The van der Waals surface area contributed by atoms with E-state index >= 15 is 0 Å². The standard InChI is InChI=1S/C9H6N2O4.CH4/c1-10-8(12)6-3-2-5(11(14)15)4-7(6)9(10)13;/h2-4H,1H3;1H4. The summed E-state index contributed by atoms with van der Waals surface area (Å²) in [5, 5.41) is 10.5. The monoisotopic (exact) mass is 222 g/mol. The van der Waals surface area contributed by atoms with Crippen molar-refractivity contribution in [2.75, 3.05) is 7.05 Å². The van der Waals surface area contributed by atoms with Crippen molar-refractivity contribution in [1.82, 2.24) is 4.90 Å². The van der Waals surface area contributed by atoms with E-state index in [9.17, 15) is 19.7 Å². The van der Waals surface area contributed by atoms with E-state index in [4.69, 9.17) is 0 Å². The summed E-state index contributed by atoms with van der Waals surface area (Å²) in [6.45, 7) is 0. The summed E-state index contributed by atoms with van der Waals surface area (Å²) in [4.78, 5) is 33.7. The fraction of sp³-hybridized carbons (Fsp3) is 0.200. The average Bonchev–Trinajstić information content (AvgIpc) is 2.44. The van der Waals surface area contributed by atoms with Crippen LogP contribution in [0.3, 0.4) is 0 Å². The van der Waals surface area contributed by atoms with E-state index in [1.807, 2.05) is 0 Å². The highest BCUT2D eigenvalue weighted by atomic mass is 16.6. The Bertz CT molecular complexity index is 496. The molecule has 0 aromatic heterocycles. The number of fused-ring (bicyclic) bond motifs is 1. The highest BCUT2D eigenvalue weighted by molar-refractivity contribution is 6.21. The first-order valence-electron chi connectivity index (χ1n) is 4.13. The number of benzene rings is 1. The molecule has 0 spiro atoms. The molecule has 0 radical (unpaired) electrons. The van der Waals surface area contributed by atoms with Gasteiger partial charge in [-0.2, -0.15) is 0 Å². The maximum Gasteiger partial charge on any atom is 0.270 e. The van der Waals surface area contributed by atoms with Crippen LogP contribution < -0.4 is 0 Å². The molecular formula is C10H10N2O4. The molecule has 1 aliphatic heterocycles. The van der Waals surface area contributed by atoms with Crippen LogP contribution in [0.25, 0.3) is 0 Å². The molecule has 6 nitrogen and oxygen atoms in total. The molecular weight excluding hydrogens is 212 g/mol. The zero-order valence-corrected chi connectivity index (χ0v) is 7.76. The summed E-state index contributed by atoms with van der Waals surface area (Å²) in [5.41, 5.74) is 0.120. The quantitative estimate of drug-likeness (QED) is 0.409. The van der Waals surface area contributed by atoms with E-state index in [1.165, 1.54) is 19.2 Å². The van der Waals surface area contributed by atoms with E-state index in [0.29, 0.717) is 0 Å². The van der Waals surface area contributed by atoms with Gasteiger partial charge in [-0.15, -0.1) is 0 Å². The predicted molar refractivity (Wildman–Crippen MR) is 56.3 cm³/mol. The lowest BCUT2D eigenvalue weighted by Gasteiger charge is -2.02. The molecule has 6 heteroatoms. The summed E-state index contributed by atoms with van der Waals surface area (Å²) in [6, 6.07) is 3.64. The molecule has 0 saturated carbocycles. The van der Waals surface area contributed by atoms with Crippen molar-refractivity contribution in [2.45, 2.75) is 7.43 Å². The number of nitro benzene ring substituents is 1. The fourth-order valence-electron chi connectivity index (χ4n) is 1.46. The first-order chi connectivity index (χ1) is 7.02. The van der Waals surface area contributed by atoms with Gasteiger partial charge in [0.2, 0.25) is 0 Å². The minimum Gasteiger partial charge on any atom is -0.277 e. The zero-order chi connectivity index (χ0) is 11.2. The summed E-state index contributed by atoms with van der Waals surface area (Å²) >= 11 is 0. The van der Waals surface area contributed by atoms with Crippen LogP contribution in [0.1, 0.15) is 28.1 Å². The second-order valence-electron chi connectivity index (χ2n) is 3.16. The van der Waals surface area contributed by atoms with Crippen LogP contribution in [0.4, 0.5) is 5.69 Å². The lowest BCUT2D eigenvalue weighted by Crippen LogP contribution is -2.24. The van der Waals surface area contributed by atoms with Crippen LogP contribution in [-0.2, 0) is 0 Å². The minimum absolute atomic E-state index is 0. The molecule has 2 amide bonds. The van der Waals surface area contributed by atoms with Crippen molar-refractivity contribution in [1.29, 1.82) is 0 Å². The predicted octanol–water partition coefficient (Wildman–Crippen LogP) is 1.46. The second kappa shape index (κ2) is 3.73. The van der Waals surface area contributed by atoms with Crippen molar-refractivity contribution in [3.05, 3.63) is 39.4 Å². The highest BCUT2D eigenvalue weighted by Crippen LogP contribution is 2.25. The summed E-state index contributed by atoms with van der Waals surface area (Å²) < 4.78 is 0. The smallest absolute Gasteiger partial charge is 0.270 e. The van der Waals surface area contributed by atoms with Gasteiger partial charge in [0.25, 0.3) is 17.5 Å². The molecule has 2 rings (SSSR count). The van der Waals surface area contributed by atoms with Crippen LogP contribution in [0.5, 0.6) is 0 Å². The molecule has 84 valence electrons. The summed E-state index contributed by atoms with van der Waals surface area (Å²) in [7, 11) is 1.34. The van der Waals surface area contributed by atoms with E-state index in [-0.39, 0.29) is 24.2 Å². The van der Waals surface area contributed by atoms with E-state index < -0.39 is 16.7 Å². The average molecular weight is 222 g/mol. The number of imide groups is 1. The molecule has 0 aliphatic carbocycles. The summed E-state index contributed by atoms with van der Waals surface area (Å²) in [5.74, 6) is -0.927. The topological polar surface area (TPSA) is 80.5 Å². The van der Waals surface area contributed by atoms with Gasteiger partial charge >= 0.3 is 0 Å². The maximum absolute atomic E-state index is 11.5. The van der Waals surface area contributed by atoms with Gasteiger partial charge in [0.05, 0.1) is 16.1 Å². The Hall–Kier alpha value is -2.24. The Kier molecular flexibility index (Phi) is 2.76. The Morgan fingerprint density at radius 2 is 1.75 bits per heavy atom. The third-order valence-corrected chi connectivity index (χ3v) is 2.28. The largest absolute Gasteiger partial charge is 0.277 e. The minimum atomic E-state index is -0.601. The van der Waals surface area contributed by atoms with Gasteiger partial charge in [0, 0.05) is 19.2 Å². The number of hydrogen-bond acceptors (Lipinski definition) is 4. The molecule has 16 heavy (non-hydrogen) atoms. The van der Waals surface area contributed by atoms with Gasteiger partial charge in [0.1, 0.15) is 0 Å². The zero-order valence-electron chi connectivity index (χ0n) is 7.76. The first kappa shape index (κ1) is 11.8. The van der Waals surface area contributed by atoms with Crippen LogP contribution >= 0.6 is 0 Å². The van der Waals surface area contributed by atoms with Crippen LogP contribution in [0.2, 0.25) is 0 Å². The van der Waals surface area contributed by atoms with Crippen LogP contribution in [0.15, 0.2) is 18.2 Å². The Labute approximate surface area is 91.6 Å².